The third-order valence-electron chi connectivity index (χ3n) is 2.92. The number of benzene rings is 1. The SMILES string of the molecule is CO[C@H]1OCC[C@H]1CS(=O)(=O)c1ccccc1. The summed E-state index contributed by atoms with van der Waals surface area (Å²) in [5, 5.41) is 0. The van der Waals surface area contributed by atoms with Crippen LogP contribution in [-0.4, -0.2) is 34.2 Å². The van der Waals surface area contributed by atoms with Gasteiger partial charge in [-0.2, -0.15) is 0 Å². The first-order valence-electron chi connectivity index (χ1n) is 5.55. The number of sulfone groups is 1. The second kappa shape index (κ2) is 5.16. The molecule has 1 heterocycles. The van der Waals surface area contributed by atoms with Crippen molar-refractivity contribution in [1.82, 2.24) is 0 Å². The Bertz CT molecular complexity index is 455. The normalized spacial score (nSPS) is 25.0. The minimum absolute atomic E-state index is 0.0785. The van der Waals surface area contributed by atoms with Gasteiger partial charge in [-0.1, -0.05) is 18.2 Å². The molecule has 1 aromatic rings. The predicted molar refractivity (Wildman–Crippen MR) is 63.4 cm³/mol. The lowest BCUT2D eigenvalue weighted by Gasteiger charge is -2.16. The average Bonchev–Trinajstić information content (AvgIpc) is 2.77. The fourth-order valence-corrected chi connectivity index (χ4v) is 3.69. The monoisotopic (exact) mass is 256 g/mol. The van der Waals surface area contributed by atoms with Gasteiger partial charge >= 0.3 is 0 Å². The maximum Gasteiger partial charge on any atom is 0.178 e. The van der Waals surface area contributed by atoms with Crippen LogP contribution in [0.15, 0.2) is 35.2 Å². The van der Waals surface area contributed by atoms with E-state index in [9.17, 15) is 8.42 Å². The van der Waals surface area contributed by atoms with Gasteiger partial charge in [-0.25, -0.2) is 8.42 Å². The molecule has 1 aliphatic rings. The Hall–Kier alpha value is -0.910. The van der Waals surface area contributed by atoms with Gasteiger partial charge in [-0.15, -0.1) is 0 Å². The smallest absolute Gasteiger partial charge is 0.178 e. The number of hydrogen-bond acceptors (Lipinski definition) is 4. The molecule has 2 rings (SSSR count). The van der Waals surface area contributed by atoms with E-state index in [4.69, 9.17) is 9.47 Å². The summed E-state index contributed by atoms with van der Waals surface area (Å²) in [4.78, 5) is 0.363. The second-order valence-corrected chi connectivity index (χ2v) is 6.15. The van der Waals surface area contributed by atoms with Crippen molar-refractivity contribution in [3.8, 4) is 0 Å². The predicted octanol–water partition coefficient (Wildman–Crippen LogP) is 1.47. The summed E-state index contributed by atoms with van der Waals surface area (Å²) >= 11 is 0. The number of methoxy groups -OCH3 is 1. The first kappa shape index (κ1) is 12.5. The van der Waals surface area contributed by atoms with Crippen LogP contribution in [-0.2, 0) is 19.3 Å². The quantitative estimate of drug-likeness (QED) is 0.818. The Morgan fingerprint density at radius 2 is 2.06 bits per heavy atom. The molecule has 1 fully saturated rings. The average molecular weight is 256 g/mol. The number of rotatable bonds is 4. The van der Waals surface area contributed by atoms with Gasteiger partial charge in [0.2, 0.25) is 0 Å². The molecular weight excluding hydrogens is 240 g/mol. The third-order valence-corrected chi connectivity index (χ3v) is 4.78. The molecule has 2 atom stereocenters. The first-order valence-corrected chi connectivity index (χ1v) is 7.21. The number of hydrogen-bond donors (Lipinski definition) is 0. The maximum atomic E-state index is 12.1. The molecule has 0 spiro atoms. The van der Waals surface area contributed by atoms with Crippen LogP contribution in [0.2, 0.25) is 0 Å². The van der Waals surface area contributed by atoms with Crippen molar-refractivity contribution in [2.24, 2.45) is 5.92 Å². The summed E-state index contributed by atoms with van der Waals surface area (Å²) in [6, 6.07) is 8.49. The zero-order valence-electron chi connectivity index (χ0n) is 9.70. The molecule has 0 radical (unpaired) electrons. The zero-order chi connectivity index (χ0) is 12.3. The van der Waals surface area contributed by atoms with E-state index in [1.807, 2.05) is 0 Å². The first-order chi connectivity index (χ1) is 8.13. The highest BCUT2D eigenvalue weighted by molar-refractivity contribution is 7.91. The fraction of sp³-hybridized carbons (Fsp3) is 0.500. The van der Waals surface area contributed by atoms with E-state index in [0.717, 1.165) is 6.42 Å². The Morgan fingerprint density at radius 1 is 1.35 bits per heavy atom. The van der Waals surface area contributed by atoms with Gasteiger partial charge in [0.05, 0.1) is 17.3 Å². The van der Waals surface area contributed by atoms with Crippen molar-refractivity contribution in [2.75, 3.05) is 19.5 Å². The summed E-state index contributed by atoms with van der Waals surface area (Å²) in [5.74, 6) is 0.000376. The number of ether oxygens (including phenoxy) is 2. The second-order valence-electron chi connectivity index (χ2n) is 4.12. The van der Waals surface area contributed by atoms with Crippen LogP contribution in [0, 0.1) is 5.92 Å². The van der Waals surface area contributed by atoms with Crippen LogP contribution in [0.25, 0.3) is 0 Å². The molecule has 4 nitrogen and oxygen atoms in total. The Balaban J connectivity index is 2.13. The molecule has 1 aromatic carbocycles. The van der Waals surface area contributed by atoms with Gasteiger partial charge in [-0.3, -0.25) is 0 Å². The highest BCUT2D eigenvalue weighted by Gasteiger charge is 2.32. The van der Waals surface area contributed by atoms with Crippen LogP contribution < -0.4 is 0 Å². The Morgan fingerprint density at radius 3 is 2.71 bits per heavy atom. The van der Waals surface area contributed by atoms with Crippen molar-refractivity contribution >= 4 is 9.84 Å². The molecule has 1 aliphatic heterocycles. The van der Waals surface area contributed by atoms with Gasteiger partial charge in [-0.05, 0) is 18.6 Å². The molecule has 0 aliphatic carbocycles. The van der Waals surface area contributed by atoms with Crippen molar-refractivity contribution in [2.45, 2.75) is 17.6 Å². The molecular formula is C12H16O4S. The zero-order valence-corrected chi connectivity index (χ0v) is 10.5. The summed E-state index contributed by atoms with van der Waals surface area (Å²) in [5.41, 5.74) is 0. The van der Waals surface area contributed by atoms with Gasteiger partial charge in [0.1, 0.15) is 0 Å². The van der Waals surface area contributed by atoms with Crippen molar-refractivity contribution in [3.05, 3.63) is 30.3 Å². The summed E-state index contributed by atoms with van der Waals surface area (Å²) < 4.78 is 34.7. The van der Waals surface area contributed by atoms with Crippen LogP contribution in [0.1, 0.15) is 6.42 Å². The van der Waals surface area contributed by atoms with E-state index in [0.29, 0.717) is 11.5 Å². The molecule has 94 valence electrons. The molecule has 0 saturated carbocycles. The van der Waals surface area contributed by atoms with Crippen LogP contribution in [0.4, 0.5) is 0 Å². The van der Waals surface area contributed by atoms with E-state index in [2.05, 4.69) is 0 Å². The van der Waals surface area contributed by atoms with Gasteiger partial charge in [0, 0.05) is 13.0 Å². The van der Waals surface area contributed by atoms with Gasteiger partial charge < -0.3 is 9.47 Å². The molecule has 0 unspecified atom stereocenters. The van der Waals surface area contributed by atoms with Crippen molar-refractivity contribution < 1.29 is 17.9 Å². The molecule has 1 saturated heterocycles. The van der Waals surface area contributed by atoms with Gasteiger partial charge in [0.15, 0.2) is 16.1 Å². The van der Waals surface area contributed by atoms with E-state index in [1.165, 1.54) is 7.11 Å². The Labute approximate surface area is 101 Å². The lowest BCUT2D eigenvalue weighted by molar-refractivity contribution is -0.106. The van der Waals surface area contributed by atoms with Crippen molar-refractivity contribution in [3.63, 3.8) is 0 Å². The standard InChI is InChI=1S/C12H16O4S/c1-15-12-10(7-8-16-12)9-17(13,14)11-5-3-2-4-6-11/h2-6,10,12H,7-9H2,1H3/t10-,12-/m0/s1. The van der Waals surface area contributed by atoms with Crippen LogP contribution in [0.5, 0.6) is 0 Å². The third kappa shape index (κ3) is 2.86. The minimum Gasteiger partial charge on any atom is -0.356 e. The largest absolute Gasteiger partial charge is 0.356 e. The molecule has 0 aromatic heterocycles. The highest BCUT2D eigenvalue weighted by atomic mass is 32.2. The van der Waals surface area contributed by atoms with Crippen molar-refractivity contribution in [1.29, 1.82) is 0 Å². The molecule has 5 heteroatoms. The molecule has 17 heavy (non-hydrogen) atoms. The van der Waals surface area contributed by atoms with E-state index < -0.39 is 16.1 Å². The van der Waals surface area contributed by atoms with Gasteiger partial charge in [0.25, 0.3) is 0 Å². The van der Waals surface area contributed by atoms with Crippen LogP contribution in [0.3, 0.4) is 0 Å². The van der Waals surface area contributed by atoms with E-state index in [-0.39, 0.29) is 11.7 Å². The summed E-state index contributed by atoms with van der Waals surface area (Å²) in [6.07, 6.45) is 0.332. The highest BCUT2D eigenvalue weighted by Crippen LogP contribution is 2.25. The molecule has 0 N–H and O–H groups in total. The lowest BCUT2D eigenvalue weighted by Crippen LogP contribution is -2.25. The van der Waals surface area contributed by atoms with E-state index >= 15 is 0 Å². The molecule has 0 amide bonds. The topological polar surface area (TPSA) is 52.6 Å². The summed E-state index contributed by atoms with van der Waals surface area (Å²) in [7, 11) is -1.71. The summed E-state index contributed by atoms with van der Waals surface area (Å²) in [6.45, 7) is 0.563. The minimum atomic E-state index is -3.25. The van der Waals surface area contributed by atoms with E-state index in [1.54, 1.807) is 30.3 Å². The molecule has 0 bridgehead atoms. The van der Waals surface area contributed by atoms with Crippen LogP contribution >= 0.6 is 0 Å². The maximum absolute atomic E-state index is 12.1. The fourth-order valence-electron chi connectivity index (χ4n) is 2.04. The Kier molecular flexibility index (Phi) is 3.81. The lowest BCUT2D eigenvalue weighted by atomic mass is 10.1.